The molecule has 44 heavy (non-hydrogen) atoms. The second-order valence-electron chi connectivity index (χ2n) is 10.5. The van der Waals surface area contributed by atoms with Gasteiger partial charge in [0.25, 0.3) is 11.2 Å². The third-order valence-corrected chi connectivity index (χ3v) is 7.75. The van der Waals surface area contributed by atoms with Crippen LogP contribution in [0.25, 0.3) is 22.7 Å². The molecule has 8 nitrogen and oxygen atoms in total. The van der Waals surface area contributed by atoms with Gasteiger partial charge in [-0.15, -0.1) is 0 Å². The Bertz CT molecular complexity index is 1850. The van der Waals surface area contributed by atoms with Gasteiger partial charge in [-0.3, -0.25) is 24.3 Å². The maximum Gasteiger partial charge on any atom is 0.269 e. The van der Waals surface area contributed by atoms with Crippen molar-refractivity contribution in [3.8, 4) is 5.69 Å². The van der Waals surface area contributed by atoms with Crippen LogP contribution in [0.1, 0.15) is 48.8 Å². The van der Waals surface area contributed by atoms with Gasteiger partial charge in [0.05, 0.1) is 27.6 Å². The van der Waals surface area contributed by atoms with Crippen molar-refractivity contribution < 1.29 is 9.72 Å². The first-order chi connectivity index (χ1) is 21.4. The van der Waals surface area contributed by atoms with E-state index < -0.39 is 11.0 Å². The van der Waals surface area contributed by atoms with Crippen molar-refractivity contribution in [3.05, 3.63) is 152 Å². The fourth-order valence-corrected chi connectivity index (χ4v) is 5.33. The molecule has 0 fully saturated rings. The molecule has 1 atom stereocenters. The summed E-state index contributed by atoms with van der Waals surface area (Å²) in [4.78, 5) is 45.4. The lowest BCUT2D eigenvalue weighted by Gasteiger charge is -2.32. The summed E-state index contributed by atoms with van der Waals surface area (Å²) in [6, 6.07) is 30.6. The van der Waals surface area contributed by atoms with Crippen molar-refractivity contribution in [2.45, 2.75) is 39.2 Å². The van der Waals surface area contributed by atoms with Crippen molar-refractivity contribution >= 4 is 28.6 Å². The predicted molar refractivity (Wildman–Crippen MR) is 174 cm³/mol. The lowest BCUT2D eigenvalue weighted by atomic mass is 10.1. The lowest BCUT2D eigenvalue weighted by molar-refractivity contribution is -0.384. The molecule has 222 valence electrons. The fraction of sp³-hybridized carbons (Fsp3) is 0.194. The number of nitrogens with zero attached hydrogens (tertiary/aromatic N) is 4. The number of non-ortho nitro benzene ring substituents is 1. The third kappa shape index (κ3) is 6.65. The largest absolute Gasteiger partial charge is 0.329 e. The minimum atomic E-state index is -0.518. The minimum absolute atomic E-state index is 0.0173. The molecule has 0 aliphatic heterocycles. The Labute approximate surface area is 256 Å². The molecule has 5 aromatic rings. The normalized spacial score (nSPS) is 12.0. The monoisotopic (exact) mass is 586 g/mol. The summed E-state index contributed by atoms with van der Waals surface area (Å²) >= 11 is 0. The maximum atomic E-state index is 14.0. The summed E-state index contributed by atoms with van der Waals surface area (Å²) < 4.78 is 1.64. The van der Waals surface area contributed by atoms with Gasteiger partial charge in [0.1, 0.15) is 5.82 Å². The molecule has 0 saturated heterocycles. The van der Waals surface area contributed by atoms with Crippen LogP contribution >= 0.6 is 0 Å². The number of para-hydroxylation sites is 1. The van der Waals surface area contributed by atoms with Crippen LogP contribution in [0.15, 0.2) is 114 Å². The molecule has 8 heteroatoms. The standard InChI is InChI=1S/C36H34N4O4/c1-3-26-14-19-29(20-15-26)39-35(37-32-13-9-8-12-31(32)36(39)42)33(4-2)38(25-24-27-10-6-5-7-11-27)34(41)23-18-28-16-21-30(22-17-28)40(43)44/h5-23,33H,3-4,24-25H2,1-2H3. The fourth-order valence-electron chi connectivity index (χ4n) is 5.33. The van der Waals surface area contributed by atoms with Gasteiger partial charge in [-0.1, -0.05) is 68.4 Å². The summed E-state index contributed by atoms with van der Waals surface area (Å²) in [6.07, 6.45) is 5.13. The molecule has 1 unspecified atom stereocenters. The number of aromatic nitrogens is 2. The quantitative estimate of drug-likeness (QED) is 0.0935. The van der Waals surface area contributed by atoms with E-state index in [4.69, 9.17) is 4.98 Å². The first kappa shape index (κ1) is 30.1. The van der Waals surface area contributed by atoms with Crippen LogP contribution in [-0.4, -0.2) is 31.8 Å². The molecule has 0 aliphatic rings. The minimum Gasteiger partial charge on any atom is -0.329 e. The molecule has 0 radical (unpaired) electrons. The first-order valence-corrected chi connectivity index (χ1v) is 14.8. The highest BCUT2D eigenvalue weighted by Crippen LogP contribution is 2.27. The van der Waals surface area contributed by atoms with E-state index in [2.05, 4.69) is 6.92 Å². The maximum absolute atomic E-state index is 14.0. The molecule has 0 spiro atoms. The van der Waals surface area contributed by atoms with Crippen molar-refractivity contribution in [2.75, 3.05) is 6.54 Å². The number of carbonyl (C=O) groups excluding carboxylic acids is 1. The van der Waals surface area contributed by atoms with Gasteiger partial charge in [0.15, 0.2) is 0 Å². The Morgan fingerprint density at radius 2 is 1.59 bits per heavy atom. The summed E-state index contributed by atoms with van der Waals surface area (Å²) in [5.41, 5.74) is 3.96. The number of carbonyl (C=O) groups is 1. The summed E-state index contributed by atoms with van der Waals surface area (Å²) in [5.74, 6) is 0.243. The first-order valence-electron chi connectivity index (χ1n) is 14.8. The number of amides is 1. The highest BCUT2D eigenvalue weighted by molar-refractivity contribution is 5.92. The van der Waals surface area contributed by atoms with Crippen LogP contribution in [0, 0.1) is 10.1 Å². The zero-order valence-electron chi connectivity index (χ0n) is 24.8. The van der Waals surface area contributed by atoms with E-state index in [0.29, 0.717) is 47.4 Å². The number of hydrogen-bond acceptors (Lipinski definition) is 5. The zero-order chi connectivity index (χ0) is 31.1. The van der Waals surface area contributed by atoms with Crippen LogP contribution in [0.5, 0.6) is 0 Å². The second kappa shape index (κ2) is 13.7. The van der Waals surface area contributed by atoms with E-state index in [1.807, 2.05) is 79.7 Å². The van der Waals surface area contributed by atoms with Crippen molar-refractivity contribution in [1.29, 1.82) is 0 Å². The third-order valence-electron chi connectivity index (χ3n) is 7.75. The molecule has 0 N–H and O–H groups in total. The smallest absolute Gasteiger partial charge is 0.269 e. The van der Waals surface area contributed by atoms with Gasteiger partial charge < -0.3 is 4.90 Å². The van der Waals surface area contributed by atoms with E-state index in [9.17, 15) is 19.7 Å². The molecule has 1 amide bonds. The molecule has 4 aromatic carbocycles. The molecule has 0 aliphatic carbocycles. The van der Waals surface area contributed by atoms with Gasteiger partial charge in [-0.05, 0) is 78.4 Å². The molecule has 5 rings (SSSR count). The summed E-state index contributed by atoms with van der Waals surface area (Å²) in [5, 5.41) is 11.6. The summed E-state index contributed by atoms with van der Waals surface area (Å²) in [7, 11) is 0. The van der Waals surface area contributed by atoms with Crippen molar-refractivity contribution in [3.63, 3.8) is 0 Å². The van der Waals surface area contributed by atoms with Crippen molar-refractivity contribution in [2.24, 2.45) is 0 Å². The SMILES string of the molecule is CCc1ccc(-n2c(C(CC)N(CCc3ccccc3)C(=O)C=Cc3ccc([N+](=O)[O-])cc3)nc3ccccc3c2=O)cc1. The zero-order valence-corrected chi connectivity index (χ0v) is 24.8. The number of nitro groups is 1. The number of benzene rings is 4. The Hall–Kier alpha value is -5.37. The number of hydrogen-bond donors (Lipinski definition) is 0. The lowest BCUT2D eigenvalue weighted by Crippen LogP contribution is -2.39. The highest BCUT2D eigenvalue weighted by Gasteiger charge is 2.28. The van der Waals surface area contributed by atoms with E-state index >= 15 is 0 Å². The van der Waals surface area contributed by atoms with E-state index in [1.165, 1.54) is 18.2 Å². The number of nitro benzene ring substituents is 1. The number of fused-ring (bicyclic) bond motifs is 1. The van der Waals surface area contributed by atoms with Gasteiger partial charge in [0.2, 0.25) is 5.91 Å². The highest BCUT2D eigenvalue weighted by atomic mass is 16.6. The number of aryl methyl sites for hydroxylation is 1. The van der Waals surface area contributed by atoms with Crippen LogP contribution in [0.3, 0.4) is 0 Å². The molecular formula is C36H34N4O4. The Balaban J connectivity index is 1.60. The van der Waals surface area contributed by atoms with Gasteiger partial charge >= 0.3 is 0 Å². The average molecular weight is 587 g/mol. The van der Waals surface area contributed by atoms with Crippen molar-refractivity contribution in [1.82, 2.24) is 14.5 Å². The van der Waals surface area contributed by atoms with Gasteiger partial charge in [-0.25, -0.2) is 4.98 Å². The Morgan fingerprint density at radius 3 is 2.25 bits per heavy atom. The molecule has 0 bridgehead atoms. The molecule has 1 heterocycles. The number of rotatable bonds is 11. The van der Waals surface area contributed by atoms with Crippen LogP contribution in [-0.2, 0) is 17.6 Å². The van der Waals surface area contributed by atoms with E-state index in [1.54, 1.807) is 33.7 Å². The van der Waals surface area contributed by atoms with E-state index in [-0.39, 0.29) is 17.2 Å². The Kier molecular flexibility index (Phi) is 9.40. The Morgan fingerprint density at radius 1 is 0.909 bits per heavy atom. The summed E-state index contributed by atoms with van der Waals surface area (Å²) in [6.45, 7) is 4.46. The van der Waals surface area contributed by atoms with Crippen LogP contribution in [0.2, 0.25) is 0 Å². The second-order valence-corrected chi connectivity index (χ2v) is 10.5. The topological polar surface area (TPSA) is 98.3 Å². The van der Waals surface area contributed by atoms with Crippen LogP contribution in [0.4, 0.5) is 5.69 Å². The molecular weight excluding hydrogens is 552 g/mol. The van der Waals surface area contributed by atoms with Gasteiger partial charge in [-0.2, -0.15) is 0 Å². The van der Waals surface area contributed by atoms with Crippen LogP contribution < -0.4 is 5.56 Å². The molecule has 1 aromatic heterocycles. The van der Waals surface area contributed by atoms with E-state index in [0.717, 1.165) is 17.5 Å². The average Bonchev–Trinajstić information content (AvgIpc) is 3.06. The predicted octanol–water partition coefficient (Wildman–Crippen LogP) is 7.09. The molecule has 0 saturated carbocycles. The van der Waals surface area contributed by atoms with Gasteiger partial charge in [0, 0.05) is 24.8 Å².